The van der Waals surface area contributed by atoms with Gasteiger partial charge in [0.05, 0.1) is 5.92 Å². The van der Waals surface area contributed by atoms with Gasteiger partial charge in [0.2, 0.25) is 0 Å². The topological polar surface area (TPSA) is 51.2 Å². The number of carbonyl (C=O) groups is 3. The number of rotatable bonds is 2. The third-order valence-corrected chi connectivity index (χ3v) is 13.0. The van der Waals surface area contributed by atoms with Gasteiger partial charge in [0.15, 0.2) is 0 Å². The summed E-state index contributed by atoms with van der Waals surface area (Å²) >= 11 is 0. The Hall–Kier alpha value is -0.990. The summed E-state index contributed by atoms with van der Waals surface area (Å²) in [6.07, 6.45) is 12.4. The molecule has 0 radical (unpaired) electrons. The van der Waals surface area contributed by atoms with Gasteiger partial charge in [-0.15, -0.1) is 0 Å². The minimum atomic E-state index is -0.608. The Morgan fingerprint density at radius 1 is 0.829 bits per heavy atom. The maximum atomic E-state index is 14.6. The van der Waals surface area contributed by atoms with Crippen molar-refractivity contribution in [3.05, 3.63) is 0 Å². The van der Waals surface area contributed by atoms with Crippen molar-refractivity contribution >= 4 is 17.3 Å². The van der Waals surface area contributed by atoms with Gasteiger partial charge in [0, 0.05) is 17.3 Å². The Labute approximate surface area is 214 Å². The summed E-state index contributed by atoms with van der Waals surface area (Å²) in [6.45, 7) is 15.1. The van der Waals surface area contributed by atoms with Crippen molar-refractivity contribution in [2.75, 3.05) is 0 Å². The van der Waals surface area contributed by atoms with Crippen LogP contribution < -0.4 is 0 Å². The monoisotopic (exact) mass is 482 g/mol. The minimum Gasteiger partial charge on any atom is -0.299 e. The van der Waals surface area contributed by atoms with Gasteiger partial charge < -0.3 is 0 Å². The highest BCUT2D eigenvalue weighted by Gasteiger charge is 2.70. The molecule has 5 fully saturated rings. The number of ketones is 3. The summed E-state index contributed by atoms with van der Waals surface area (Å²) in [6, 6.07) is 0. The lowest BCUT2D eigenvalue weighted by molar-refractivity contribution is -0.203. The van der Waals surface area contributed by atoms with Gasteiger partial charge in [-0.05, 0) is 85.4 Å². The second-order valence-corrected chi connectivity index (χ2v) is 14.9. The van der Waals surface area contributed by atoms with Crippen LogP contribution in [0.15, 0.2) is 0 Å². The van der Waals surface area contributed by atoms with E-state index in [-0.39, 0.29) is 46.1 Å². The van der Waals surface area contributed by atoms with E-state index in [1.165, 1.54) is 44.9 Å². The van der Waals surface area contributed by atoms with Gasteiger partial charge >= 0.3 is 0 Å². The quantitative estimate of drug-likeness (QED) is 0.388. The van der Waals surface area contributed by atoms with Crippen molar-refractivity contribution in [2.45, 2.75) is 113 Å². The maximum Gasteiger partial charge on any atom is 0.150 e. The number of hydrogen-bond acceptors (Lipinski definition) is 3. The van der Waals surface area contributed by atoms with Crippen molar-refractivity contribution in [3.63, 3.8) is 0 Å². The van der Waals surface area contributed by atoms with E-state index >= 15 is 0 Å². The maximum absolute atomic E-state index is 14.6. The molecule has 0 N–H and O–H groups in total. The molecule has 11 unspecified atom stereocenters. The van der Waals surface area contributed by atoms with Crippen LogP contribution in [0, 0.1) is 69.5 Å². The van der Waals surface area contributed by atoms with Crippen molar-refractivity contribution in [2.24, 2.45) is 69.5 Å². The van der Waals surface area contributed by atoms with E-state index in [1.54, 1.807) is 6.92 Å². The van der Waals surface area contributed by atoms with Crippen molar-refractivity contribution in [3.8, 4) is 0 Å². The second kappa shape index (κ2) is 8.52. The van der Waals surface area contributed by atoms with Crippen molar-refractivity contribution in [1.82, 2.24) is 0 Å². The van der Waals surface area contributed by atoms with Gasteiger partial charge in [-0.25, -0.2) is 0 Å². The minimum absolute atomic E-state index is 0.0104. The summed E-state index contributed by atoms with van der Waals surface area (Å²) in [5, 5.41) is 0. The Bertz CT molecular complexity index is 900. The van der Waals surface area contributed by atoms with E-state index in [4.69, 9.17) is 0 Å². The molecule has 0 heterocycles. The van der Waals surface area contributed by atoms with E-state index in [2.05, 4.69) is 41.5 Å². The van der Waals surface area contributed by atoms with Crippen LogP contribution >= 0.6 is 0 Å². The van der Waals surface area contributed by atoms with Crippen LogP contribution in [0.25, 0.3) is 0 Å². The number of hydrogen-bond donors (Lipinski definition) is 0. The van der Waals surface area contributed by atoms with Crippen LogP contribution in [0.2, 0.25) is 0 Å². The fraction of sp³-hybridized carbons (Fsp3) is 0.906. The van der Waals surface area contributed by atoms with E-state index in [0.29, 0.717) is 23.5 Å². The Kier molecular flexibility index (Phi) is 6.24. The third kappa shape index (κ3) is 3.52. The predicted octanol–water partition coefficient (Wildman–Crippen LogP) is 7.31. The fourth-order valence-corrected chi connectivity index (χ4v) is 11.5. The first-order chi connectivity index (χ1) is 16.4. The molecule has 0 aromatic rings. The first-order valence-electron chi connectivity index (χ1n) is 14.9. The van der Waals surface area contributed by atoms with Gasteiger partial charge in [-0.3, -0.25) is 14.4 Å². The summed E-state index contributed by atoms with van der Waals surface area (Å²) in [5.74, 6) is 2.82. The molecule has 5 rings (SSSR count). The molecule has 3 heteroatoms. The average Bonchev–Trinajstić information content (AvgIpc) is 2.76. The zero-order valence-corrected chi connectivity index (χ0v) is 23.5. The molecule has 5 aliphatic carbocycles. The van der Waals surface area contributed by atoms with Gasteiger partial charge in [0.1, 0.15) is 17.3 Å². The Morgan fingerprint density at radius 3 is 2.11 bits per heavy atom. The average molecular weight is 483 g/mol. The SMILES string of the molecule is CC(=O)C1C(=O)C2(C)C(C)C3C(=O)C4C(C)CCC(C5CCCCC5)C4CC3(C)CC2(C)CC1C. The van der Waals surface area contributed by atoms with E-state index in [1.807, 2.05) is 0 Å². The normalized spacial score (nSPS) is 52.9. The first kappa shape index (κ1) is 25.7. The molecule has 0 aliphatic heterocycles. The van der Waals surface area contributed by atoms with E-state index < -0.39 is 11.3 Å². The summed E-state index contributed by atoms with van der Waals surface area (Å²) < 4.78 is 0. The predicted molar refractivity (Wildman–Crippen MR) is 140 cm³/mol. The van der Waals surface area contributed by atoms with Crippen molar-refractivity contribution < 1.29 is 14.4 Å². The molecule has 0 bridgehead atoms. The van der Waals surface area contributed by atoms with E-state index in [0.717, 1.165) is 25.2 Å². The lowest BCUT2D eigenvalue weighted by atomic mass is 9.34. The molecule has 11 atom stereocenters. The van der Waals surface area contributed by atoms with Gasteiger partial charge in [0.25, 0.3) is 0 Å². The first-order valence-corrected chi connectivity index (χ1v) is 14.9. The molecule has 3 nitrogen and oxygen atoms in total. The van der Waals surface area contributed by atoms with Crippen LogP contribution in [0.5, 0.6) is 0 Å². The second-order valence-electron chi connectivity index (χ2n) is 14.9. The fourth-order valence-electron chi connectivity index (χ4n) is 11.5. The van der Waals surface area contributed by atoms with Crippen LogP contribution in [0.3, 0.4) is 0 Å². The van der Waals surface area contributed by atoms with Crippen LogP contribution in [0.4, 0.5) is 0 Å². The highest BCUT2D eigenvalue weighted by Crippen LogP contribution is 2.71. The smallest absolute Gasteiger partial charge is 0.150 e. The standard InChI is InChI=1S/C32H50O3/c1-18-13-14-23(22-11-9-8-10-12-22)24-16-30(5)17-31(6)15-19(2)25(21(4)33)29(35)32(31,7)20(3)27(30)28(34)26(18)24/h18-20,22-27H,8-17H2,1-7H3. The highest BCUT2D eigenvalue weighted by molar-refractivity contribution is 6.05. The molecule has 196 valence electrons. The molecular formula is C32H50O3. The third-order valence-electron chi connectivity index (χ3n) is 13.0. The lowest BCUT2D eigenvalue weighted by Crippen LogP contribution is -2.68. The van der Waals surface area contributed by atoms with Gasteiger partial charge in [-0.1, -0.05) is 73.6 Å². The van der Waals surface area contributed by atoms with Crippen LogP contribution in [-0.2, 0) is 14.4 Å². The van der Waals surface area contributed by atoms with Crippen LogP contribution in [0.1, 0.15) is 113 Å². The molecular weight excluding hydrogens is 432 g/mol. The molecule has 5 saturated carbocycles. The molecule has 35 heavy (non-hydrogen) atoms. The van der Waals surface area contributed by atoms with Crippen LogP contribution in [-0.4, -0.2) is 17.3 Å². The molecule has 0 aromatic heterocycles. The Morgan fingerprint density at radius 2 is 1.49 bits per heavy atom. The largest absolute Gasteiger partial charge is 0.299 e. The number of Topliss-reactive ketones (excluding diaryl/α,β-unsaturated/α-hetero) is 3. The number of carbonyl (C=O) groups excluding carboxylic acids is 3. The molecule has 0 saturated heterocycles. The summed E-state index contributed by atoms with van der Waals surface area (Å²) in [7, 11) is 0. The number of fused-ring (bicyclic) bond motifs is 3. The molecule has 0 aromatic carbocycles. The highest BCUT2D eigenvalue weighted by atomic mass is 16.2. The summed E-state index contributed by atoms with van der Waals surface area (Å²) in [4.78, 5) is 41.3. The zero-order valence-electron chi connectivity index (χ0n) is 23.5. The molecule has 0 amide bonds. The summed E-state index contributed by atoms with van der Waals surface area (Å²) in [5.41, 5.74) is -0.810. The van der Waals surface area contributed by atoms with Gasteiger partial charge in [-0.2, -0.15) is 0 Å². The lowest BCUT2D eigenvalue weighted by Gasteiger charge is -2.68. The van der Waals surface area contributed by atoms with Crippen molar-refractivity contribution in [1.29, 1.82) is 0 Å². The molecule has 0 spiro atoms. The van der Waals surface area contributed by atoms with E-state index in [9.17, 15) is 14.4 Å². The molecule has 5 aliphatic rings. The Balaban J connectivity index is 1.54. The zero-order chi connectivity index (χ0) is 25.5.